The number of hydrogen-bond acceptors (Lipinski definition) is 5. The van der Waals surface area contributed by atoms with Crippen molar-refractivity contribution in [2.75, 3.05) is 26.8 Å². The Labute approximate surface area is 184 Å². The highest BCUT2D eigenvalue weighted by Gasteiger charge is 2.27. The van der Waals surface area contributed by atoms with Crippen molar-refractivity contribution in [2.45, 2.75) is 37.6 Å². The summed E-state index contributed by atoms with van der Waals surface area (Å²) in [6, 6.07) is 13.5. The van der Waals surface area contributed by atoms with Gasteiger partial charge in [-0.15, -0.1) is 0 Å². The molecule has 1 aliphatic heterocycles. The van der Waals surface area contributed by atoms with Gasteiger partial charge in [0.1, 0.15) is 11.5 Å². The van der Waals surface area contributed by atoms with Crippen LogP contribution >= 0.6 is 0 Å². The maximum absolute atomic E-state index is 12.8. The highest BCUT2D eigenvalue weighted by molar-refractivity contribution is 7.89. The van der Waals surface area contributed by atoms with Crippen molar-refractivity contribution < 1.29 is 22.7 Å². The van der Waals surface area contributed by atoms with Crippen molar-refractivity contribution in [3.63, 3.8) is 0 Å². The van der Waals surface area contributed by atoms with Crippen LogP contribution in [0, 0.1) is 5.92 Å². The van der Waals surface area contributed by atoms with Crippen molar-refractivity contribution in [1.29, 1.82) is 0 Å². The van der Waals surface area contributed by atoms with Gasteiger partial charge < -0.3 is 14.8 Å². The Kier molecular flexibility index (Phi) is 7.56. The van der Waals surface area contributed by atoms with Crippen molar-refractivity contribution in [3.8, 4) is 11.5 Å². The van der Waals surface area contributed by atoms with E-state index in [-0.39, 0.29) is 23.5 Å². The van der Waals surface area contributed by atoms with Crippen molar-refractivity contribution >= 4 is 15.9 Å². The van der Waals surface area contributed by atoms with E-state index in [2.05, 4.69) is 12.2 Å². The predicted molar refractivity (Wildman–Crippen MR) is 119 cm³/mol. The van der Waals surface area contributed by atoms with E-state index in [4.69, 9.17) is 9.47 Å². The first-order valence-corrected chi connectivity index (χ1v) is 11.9. The lowest BCUT2D eigenvalue weighted by molar-refractivity contribution is -0.123. The SMILES string of the molecule is COc1ccc([C@H](C)NC(=O)COc2ccc(S(=O)(=O)N3CCC(C)CC3)cc2)cc1. The zero-order valence-electron chi connectivity index (χ0n) is 18.2. The highest BCUT2D eigenvalue weighted by Crippen LogP contribution is 2.25. The zero-order valence-corrected chi connectivity index (χ0v) is 19.0. The standard InChI is InChI=1S/C23H30N2O5S/c1-17-12-14-25(15-13-17)31(27,28)22-10-8-21(9-11-22)30-16-23(26)24-18(2)19-4-6-20(29-3)7-5-19/h4-11,17-18H,12-16H2,1-3H3,(H,24,26)/t18-/m0/s1. The topological polar surface area (TPSA) is 84.9 Å². The fraction of sp³-hybridized carbons (Fsp3) is 0.435. The zero-order chi connectivity index (χ0) is 22.4. The van der Waals surface area contributed by atoms with Gasteiger partial charge in [-0.3, -0.25) is 4.79 Å². The van der Waals surface area contributed by atoms with E-state index in [9.17, 15) is 13.2 Å². The number of benzene rings is 2. The molecule has 1 atom stereocenters. The average molecular weight is 447 g/mol. The molecule has 0 aromatic heterocycles. The summed E-state index contributed by atoms with van der Waals surface area (Å²) >= 11 is 0. The lowest BCUT2D eigenvalue weighted by Crippen LogP contribution is -2.37. The summed E-state index contributed by atoms with van der Waals surface area (Å²) in [5.74, 6) is 1.49. The third-order valence-electron chi connectivity index (χ3n) is 5.57. The molecule has 1 aliphatic rings. The molecule has 0 unspecified atom stereocenters. The van der Waals surface area contributed by atoms with Gasteiger partial charge in [-0.25, -0.2) is 8.42 Å². The van der Waals surface area contributed by atoms with Gasteiger partial charge in [-0.1, -0.05) is 19.1 Å². The monoisotopic (exact) mass is 446 g/mol. The Morgan fingerprint density at radius 2 is 1.65 bits per heavy atom. The van der Waals surface area contributed by atoms with Crippen molar-refractivity contribution in [2.24, 2.45) is 5.92 Å². The predicted octanol–water partition coefficient (Wildman–Crippen LogP) is 3.37. The highest BCUT2D eigenvalue weighted by atomic mass is 32.2. The molecule has 0 spiro atoms. The minimum atomic E-state index is -3.50. The number of carbonyl (C=O) groups is 1. The molecular weight excluding hydrogens is 416 g/mol. The second-order valence-electron chi connectivity index (χ2n) is 7.91. The third-order valence-corrected chi connectivity index (χ3v) is 7.48. The molecule has 3 rings (SSSR count). The summed E-state index contributed by atoms with van der Waals surface area (Å²) in [5.41, 5.74) is 0.954. The minimum absolute atomic E-state index is 0.156. The normalized spacial score (nSPS) is 16.5. The Balaban J connectivity index is 1.52. The van der Waals surface area contributed by atoms with Crippen LogP contribution in [0.25, 0.3) is 0 Å². The van der Waals surface area contributed by atoms with Gasteiger partial charge in [-0.05, 0) is 67.6 Å². The van der Waals surface area contributed by atoms with Crippen LogP contribution in [0.2, 0.25) is 0 Å². The average Bonchev–Trinajstić information content (AvgIpc) is 2.78. The second-order valence-corrected chi connectivity index (χ2v) is 9.85. The molecule has 1 heterocycles. The molecule has 1 saturated heterocycles. The molecule has 0 bridgehead atoms. The van der Waals surface area contributed by atoms with Gasteiger partial charge in [0.05, 0.1) is 18.0 Å². The summed E-state index contributed by atoms with van der Waals surface area (Å²) < 4.78 is 37.8. The number of rotatable bonds is 8. The number of hydrogen-bond donors (Lipinski definition) is 1. The summed E-state index contributed by atoms with van der Waals surface area (Å²) in [4.78, 5) is 12.5. The van der Waals surface area contributed by atoms with Crippen LogP contribution in [0.5, 0.6) is 11.5 Å². The first kappa shape index (κ1) is 23.1. The van der Waals surface area contributed by atoms with Crippen LogP contribution in [0.3, 0.4) is 0 Å². The van der Waals surface area contributed by atoms with Gasteiger partial charge in [0.2, 0.25) is 10.0 Å². The first-order chi connectivity index (χ1) is 14.8. The quantitative estimate of drug-likeness (QED) is 0.672. The smallest absolute Gasteiger partial charge is 0.258 e. The number of carbonyl (C=O) groups excluding carboxylic acids is 1. The van der Waals surface area contributed by atoms with Gasteiger partial charge >= 0.3 is 0 Å². The lowest BCUT2D eigenvalue weighted by Gasteiger charge is -2.29. The molecule has 1 fully saturated rings. The van der Waals surface area contributed by atoms with Gasteiger partial charge in [0.25, 0.3) is 5.91 Å². The molecule has 0 aliphatic carbocycles. The summed E-state index contributed by atoms with van der Waals surface area (Å²) in [7, 11) is -1.89. The molecule has 2 aromatic rings. The van der Waals surface area contributed by atoms with E-state index in [0.29, 0.717) is 24.8 Å². The van der Waals surface area contributed by atoms with E-state index < -0.39 is 10.0 Å². The van der Waals surface area contributed by atoms with Crippen molar-refractivity contribution in [3.05, 3.63) is 54.1 Å². The number of nitrogens with zero attached hydrogens (tertiary/aromatic N) is 1. The molecule has 1 amide bonds. The van der Waals surface area contributed by atoms with Crippen molar-refractivity contribution in [1.82, 2.24) is 9.62 Å². The molecule has 8 heteroatoms. The van der Waals surface area contributed by atoms with Crippen LogP contribution in [0.1, 0.15) is 38.3 Å². The van der Waals surface area contributed by atoms with E-state index in [1.807, 2.05) is 31.2 Å². The summed E-state index contributed by atoms with van der Waals surface area (Å²) in [6.07, 6.45) is 1.76. The Hall–Kier alpha value is -2.58. The number of sulfonamides is 1. The molecule has 0 saturated carbocycles. The lowest BCUT2D eigenvalue weighted by atomic mass is 10.0. The van der Waals surface area contributed by atoms with E-state index in [1.54, 1.807) is 19.2 Å². The first-order valence-electron chi connectivity index (χ1n) is 10.5. The van der Waals surface area contributed by atoms with Crippen LogP contribution in [0.15, 0.2) is 53.4 Å². The molecular formula is C23H30N2O5S. The summed E-state index contributed by atoms with van der Waals surface area (Å²) in [5, 5.41) is 2.88. The Bertz CT molecular complexity index is 966. The van der Waals surface area contributed by atoms with Crippen LogP contribution in [0.4, 0.5) is 0 Å². The summed E-state index contributed by atoms with van der Waals surface area (Å²) in [6.45, 7) is 4.98. The molecule has 7 nitrogen and oxygen atoms in total. The number of piperidine rings is 1. The third kappa shape index (κ3) is 5.98. The minimum Gasteiger partial charge on any atom is -0.497 e. The second kappa shape index (κ2) is 10.2. The molecule has 31 heavy (non-hydrogen) atoms. The maximum atomic E-state index is 12.8. The fourth-order valence-corrected chi connectivity index (χ4v) is 4.96. The van der Waals surface area contributed by atoms with E-state index >= 15 is 0 Å². The number of amides is 1. The molecule has 2 aromatic carbocycles. The largest absolute Gasteiger partial charge is 0.497 e. The maximum Gasteiger partial charge on any atom is 0.258 e. The van der Waals surface area contributed by atoms with Crippen LogP contribution < -0.4 is 14.8 Å². The Morgan fingerprint density at radius 3 is 2.23 bits per heavy atom. The Morgan fingerprint density at radius 1 is 1.06 bits per heavy atom. The van der Waals surface area contributed by atoms with Gasteiger partial charge in [0, 0.05) is 13.1 Å². The molecule has 168 valence electrons. The number of ether oxygens (including phenoxy) is 2. The van der Waals surface area contributed by atoms with Gasteiger partial charge in [0.15, 0.2) is 6.61 Å². The van der Waals surface area contributed by atoms with E-state index in [0.717, 1.165) is 24.2 Å². The number of nitrogens with one attached hydrogen (secondary N) is 1. The van der Waals surface area contributed by atoms with E-state index in [1.165, 1.54) is 16.4 Å². The van der Waals surface area contributed by atoms with Crippen LogP contribution in [-0.2, 0) is 14.8 Å². The fourth-order valence-electron chi connectivity index (χ4n) is 3.49. The number of methoxy groups -OCH3 is 1. The molecule has 0 radical (unpaired) electrons. The van der Waals surface area contributed by atoms with Crippen LogP contribution in [-0.4, -0.2) is 45.4 Å². The molecule has 1 N–H and O–H groups in total. The van der Waals surface area contributed by atoms with Gasteiger partial charge in [-0.2, -0.15) is 4.31 Å².